The fraction of sp³-hybridized carbons (Fsp3) is 0.867. The van der Waals surface area contributed by atoms with E-state index in [-0.39, 0.29) is 18.7 Å². The molecule has 3 unspecified atom stereocenters. The third-order valence-corrected chi connectivity index (χ3v) is 4.58. The van der Waals surface area contributed by atoms with Gasteiger partial charge in [-0.3, -0.25) is 4.79 Å². The highest BCUT2D eigenvalue weighted by Gasteiger charge is 2.40. The molecular weight excluding hydrogens is 258 g/mol. The molecule has 0 aromatic rings. The van der Waals surface area contributed by atoms with Gasteiger partial charge in [-0.1, -0.05) is 6.42 Å². The molecule has 0 heterocycles. The normalized spacial score (nSPS) is 27.4. The summed E-state index contributed by atoms with van der Waals surface area (Å²) >= 11 is 0. The third kappa shape index (κ3) is 3.87. The Morgan fingerprint density at radius 1 is 1.20 bits per heavy atom. The summed E-state index contributed by atoms with van der Waals surface area (Å²) in [6, 6.07) is 0. The average molecular weight is 283 g/mol. The van der Waals surface area contributed by atoms with Gasteiger partial charge in [0.05, 0.1) is 13.2 Å². The minimum absolute atomic E-state index is 0.125. The molecule has 2 bridgehead atoms. The summed E-state index contributed by atoms with van der Waals surface area (Å²) in [6.45, 7) is 2.74. The Bertz CT molecular complexity index is 358. The number of carbonyl (C=O) groups is 2. The van der Waals surface area contributed by atoms with E-state index in [4.69, 9.17) is 9.47 Å². The van der Waals surface area contributed by atoms with Crippen molar-refractivity contribution in [2.75, 3.05) is 26.8 Å². The van der Waals surface area contributed by atoms with E-state index in [1.54, 1.807) is 14.0 Å². The summed E-state index contributed by atoms with van der Waals surface area (Å²) in [5.74, 6) is 2.01. The first kappa shape index (κ1) is 15.1. The Hall–Kier alpha value is -1.26. The molecule has 0 aromatic heterocycles. The molecule has 20 heavy (non-hydrogen) atoms. The summed E-state index contributed by atoms with van der Waals surface area (Å²) in [5, 5.41) is 0. The van der Waals surface area contributed by atoms with Crippen LogP contribution in [-0.4, -0.2) is 43.8 Å². The predicted molar refractivity (Wildman–Crippen MR) is 74.2 cm³/mol. The Morgan fingerprint density at radius 3 is 2.60 bits per heavy atom. The molecule has 5 nitrogen and oxygen atoms in total. The molecule has 0 spiro atoms. The number of hydrogen-bond acceptors (Lipinski definition) is 4. The van der Waals surface area contributed by atoms with Crippen molar-refractivity contribution in [2.45, 2.75) is 39.0 Å². The van der Waals surface area contributed by atoms with E-state index in [1.165, 1.54) is 30.6 Å². The second kappa shape index (κ2) is 6.95. The molecule has 5 heteroatoms. The molecule has 2 saturated carbocycles. The lowest BCUT2D eigenvalue weighted by molar-refractivity contribution is -0.145. The maximum Gasteiger partial charge on any atom is 0.409 e. The van der Waals surface area contributed by atoms with Crippen LogP contribution in [0, 0.1) is 17.8 Å². The van der Waals surface area contributed by atoms with Crippen LogP contribution in [0.25, 0.3) is 0 Å². The third-order valence-electron chi connectivity index (χ3n) is 4.58. The van der Waals surface area contributed by atoms with Gasteiger partial charge in [0.2, 0.25) is 0 Å². The molecular formula is C15H25NO4. The topological polar surface area (TPSA) is 55.8 Å². The molecule has 0 saturated heterocycles. The number of hydrogen-bond donors (Lipinski definition) is 0. The van der Waals surface area contributed by atoms with E-state index < -0.39 is 0 Å². The van der Waals surface area contributed by atoms with E-state index >= 15 is 0 Å². The minimum Gasteiger partial charge on any atom is -0.464 e. The number of ether oxygens (including phenoxy) is 2. The van der Waals surface area contributed by atoms with Crippen LogP contribution in [0.4, 0.5) is 4.79 Å². The highest BCUT2D eigenvalue weighted by Crippen LogP contribution is 2.49. The molecule has 2 aliphatic carbocycles. The van der Waals surface area contributed by atoms with Crippen LogP contribution in [0.3, 0.4) is 0 Å². The Kier molecular flexibility index (Phi) is 5.26. The van der Waals surface area contributed by atoms with Gasteiger partial charge in [0.25, 0.3) is 0 Å². The second-order valence-electron chi connectivity index (χ2n) is 5.98. The van der Waals surface area contributed by atoms with Gasteiger partial charge < -0.3 is 14.4 Å². The number of amides is 1. The number of nitrogens with zero attached hydrogens (tertiary/aromatic N) is 1. The minimum atomic E-state index is -0.378. The summed E-state index contributed by atoms with van der Waals surface area (Å²) in [7, 11) is 1.64. The van der Waals surface area contributed by atoms with Gasteiger partial charge in [0.15, 0.2) is 0 Å². The molecule has 0 radical (unpaired) electrons. The van der Waals surface area contributed by atoms with Gasteiger partial charge in [-0.2, -0.15) is 0 Å². The first-order chi connectivity index (χ1) is 9.60. The summed E-state index contributed by atoms with van der Waals surface area (Å²) < 4.78 is 10.1. The SMILES string of the molecule is CCOC(=O)N(C)CCOC(=O)CC1CC2CCC1C2. The van der Waals surface area contributed by atoms with Crippen LogP contribution in [0.5, 0.6) is 0 Å². The van der Waals surface area contributed by atoms with Crippen molar-refractivity contribution in [3.05, 3.63) is 0 Å². The largest absolute Gasteiger partial charge is 0.464 e. The standard InChI is InChI=1S/C15H25NO4/c1-3-19-15(18)16(2)6-7-20-14(17)10-13-9-11-4-5-12(13)8-11/h11-13H,3-10H2,1-2H3. The molecule has 2 fully saturated rings. The number of fused-ring (bicyclic) bond motifs is 2. The smallest absolute Gasteiger partial charge is 0.409 e. The van der Waals surface area contributed by atoms with Gasteiger partial charge in [-0.25, -0.2) is 4.79 Å². The molecule has 1 amide bonds. The van der Waals surface area contributed by atoms with Gasteiger partial charge in [-0.05, 0) is 43.9 Å². The van der Waals surface area contributed by atoms with Crippen molar-refractivity contribution in [1.29, 1.82) is 0 Å². The van der Waals surface area contributed by atoms with Crippen LogP contribution < -0.4 is 0 Å². The molecule has 114 valence electrons. The van der Waals surface area contributed by atoms with Crippen LogP contribution in [-0.2, 0) is 14.3 Å². The van der Waals surface area contributed by atoms with Crippen molar-refractivity contribution in [3.63, 3.8) is 0 Å². The summed E-state index contributed by atoms with van der Waals surface area (Å²) in [4.78, 5) is 24.6. The van der Waals surface area contributed by atoms with Crippen molar-refractivity contribution in [2.24, 2.45) is 17.8 Å². The zero-order valence-electron chi connectivity index (χ0n) is 12.5. The Morgan fingerprint density at radius 2 is 2.00 bits per heavy atom. The van der Waals surface area contributed by atoms with Crippen LogP contribution >= 0.6 is 0 Å². The summed E-state index contributed by atoms with van der Waals surface area (Å²) in [6.07, 6.45) is 5.31. The highest BCUT2D eigenvalue weighted by atomic mass is 16.6. The maximum absolute atomic E-state index is 11.8. The number of likely N-dealkylation sites (N-methyl/N-ethyl adjacent to an activating group) is 1. The van der Waals surface area contributed by atoms with E-state index in [0.717, 1.165) is 11.8 Å². The monoisotopic (exact) mass is 283 g/mol. The quantitative estimate of drug-likeness (QED) is 0.703. The van der Waals surface area contributed by atoms with E-state index in [1.807, 2.05) is 0 Å². The maximum atomic E-state index is 11.8. The van der Waals surface area contributed by atoms with Crippen molar-refractivity contribution >= 4 is 12.1 Å². The summed E-state index contributed by atoms with van der Waals surface area (Å²) in [5.41, 5.74) is 0. The van der Waals surface area contributed by atoms with Gasteiger partial charge in [0.1, 0.15) is 6.61 Å². The fourth-order valence-corrected chi connectivity index (χ4v) is 3.52. The zero-order chi connectivity index (χ0) is 14.5. The lowest BCUT2D eigenvalue weighted by atomic mass is 9.86. The molecule has 2 aliphatic rings. The molecule has 3 atom stereocenters. The second-order valence-corrected chi connectivity index (χ2v) is 5.98. The number of rotatable bonds is 6. The van der Waals surface area contributed by atoms with Crippen LogP contribution in [0.15, 0.2) is 0 Å². The fourth-order valence-electron chi connectivity index (χ4n) is 3.52. The zero-order valence-corrected chi connectivity index (χ0v) is 12.5. The number of esters is 1. The van der Waals surface area contributed by atoms with E-state index in [9.17, 15) is 9.59 Å². The molecule has 2 rings (SSSR count). The lowest BCUT2D eigenvalue weighted by Gasteiger charge is -2.21. The van der Waals surface area contributed by atoms with Gasteiger partial charge in [0, 0.05) is 13.5 Å². The predicted octanol–water partition coefficient (Wildman–Crippen LogP) is 2.44. The van der Waals surface area contributed by atoms with Crippen molar-refractivity contribution < 1.29 is 19.1 Å². The molecule has 0 aromatic carbocycles. The lowest BCUT2D eigenvalue weighted by Crippen LogP contribution is -2.31. The highest BCUT2D eigenvalue weighted by molar-refractivity contribution is 5.70. The average Bonchev–Trinajstić information content (AvgIpc) is 3.01. The Balaban J connectivity index is 1.59. The number of carbonyl (C=O) groups excluding carboxylic acids is 2. The van der Waals surface area contributed by atoms with Crippen molar-refractivity contribution in [1.82, 2.24) is 4.90 Å². The van der Waals surface area contributed by atoms with Gasteiger partial charge >= 0.3 is 12.1 Å². The molecule has 0 aliphatic heterocycles. The van der Waals surface area contributed by atoms with Crippen LogP contribution in [0.1, 0.15) is 39.0 Å². The molecule has 0 N–H and O–H groups in total. The van der Waals surface area contributed by atoms with E-state index in [0.29, 0.717) is 25.5 Å². The first-order valence-corrected chi connectivity index (χ1v) is 7.63. The van der Waals surface area contributed by atoms with Crippen molar-refractivity contribution in [3.8, 4) is 0 Å². The Labute approximate surface area is 120 Å². The van der Waals surface area contributed by atoms with E-state index in [2.05, 4.69) is 0 Å². The van der Waals surface area contributed by atoms with Gasteiger partial charge in [-0.15, -0.1) is 0 Å². The first-order valence-electron chi connectivity index (χ1n) is 7.63. The van der Waals surface area contributed by atoms with Crippen LogP contribution in [0.2, 0.25) is 0 Å².